The number of para-hydroxylation sites is 1. The van der Waals surface area contributed by atoms with Crippen LogP contribution in [-0.2, 0) is 16.1 Å². The van der Waals surface area contributed by atoms with Crippen molar-refractivity contribution in [3.8, 4) is 11.5 Å². The molecule has 1 aliphatic rings. The highest BCUT2D eigenvalue weighted by molar-refractivity contribution is 7.07. The van der Waals surface area contributed by atoms with Crippen molar-refractivity contribution >= 4 is 35.0 Å². The molecule has 0 spiro atoms. The van der Waals surface area contributed by atoms with Crippen molar-refractivity contribution < 1.29 is 19.0 Å². The summed E-state index contributed by atoms with van der Waals surface area (Å²) in [5, 5.41) is 0.680. The number of allylic oxidation sites excluding steroid dienone is 1. The Labute approximate surface area is 240 Å². The average molecular weight is 575 g/mol. The van der Waals surface area contributed by atoms with Gasteiger partial charge in [0.2, 0.25) is 0 Å². The Morgan fingerprint density at radius 2 is 1.80 bits per heavy atom. The van der Waals surface area contributed by atoms with Gasteiger partial charge in [0.15, 0.2) is 4.80 Å². The second-order valence-electron chi connectivity index (χ2n) is 9.03. The summed E-state index contributed by atoms with van der Waals surface area (Å²) in [7, 11) is 1.56. The number of rotatable bonds is 8. The largest absolute Gasteiger partial charge is 0.496 e. The average Bonchev–Trinajstić information content (AvgIpc) is 3.26. The van der Waals surface area contributed by atoms with E-state index in [4.69, 9.17) is 25.8 Å². The molecule has 5 rings (SSSR count). The number of ether oxygens (including phenoxy) is 3. The molecule has 0 N–H and O–H groups in total. The molecule has 40 heavy (non-hydrogen) atoms. The van der Waals surface area contributed by atoms with Crippen molar-refractivity contribution in [3.05, 3.63) is 125 Å². The Morgan fingerprint density at radius 3 is 2.50 bits per heavy atom. The SMILES string of the molecule is CCOC(=O)C1=C(C)N=c2s/c(=C/c3ccc(OCc4ccc(Cl)cc4)cc3)c(=O)n2[C@H]1c1ccccc1OC. The van der Waals surface area contributed by atoms with Crippen LogP contribution in [0.1, 0.15) is 36.6 Å². The molecule has 0 amide bonds. The maximum absolute atomic E-state index is 13.8. The number of hydrogen-bond acceptors (Lipinski definition) is 7. The summed E-state index contributed by atoms with van der Waals surface area (Å²) in [6.45, 7) is 4.13. The highest BCUT2D eigenvalue weighted by Gasteiger charge is 2.34. The van der Waals surface area contributed by atoms with Crippen molar-refractivity contribution in [1.29, 1.82) is 0 Å². The van der Waals surface area contributed by atoms with Crippen molar-refractivity contribution in [2.45, 2.75) is 26.5 Å². The van der Waals surface area contributed by atoms with E-state index < -0.39 is 12.0 Å². The Kier molecular flexibility index (Phi) is 8.19. The van der Waals surface area contributed by atoms with Gasteiger partial charge in [0.05, 0.1) is 29.5 Å². The summed E-state index contributed by atoms with van der Waals surface area (Å²) < 4.78 is 18.9. The molecule has 0 radical (unpaired) electrons. The molecule has 0 unspecified atom stereocenters. The summed E-state index contributed by atoms with van der Waals surface area (Å²) in [5.41, 5.74) is 3.09. The molecule has 0 bridgehead atoms. The minimum absolute atomic E-state index is 0.206. The third-order valence-corrected chi connectivity index (χ3v) is 7.68. The molecule has 0 saturated carbocycles. The standard InChI is InChI=1S/C31H27ClN2O5S/c1-4-38-30(36)27-19(2)33-31-34(28(27)24-7-5-6-8-25(24)37-3)29(35)26(40-31)17-20-11-15-23(16-12-20)39-18-21-9-13-22(32)14-10-21/h5-17,28H,4,18H2,1-3H3/b26-17+/t28-/m0/s1. The molecule has 0 fully saturated rings. The van der Waals surface area contributed by atoms with Gasteiger partial charge in [0.1, 0.15) is 24.1 Å². The van der Waals surface area contributed by atoms with Gasteiger partial charge in [-0.1, -0.05) is 65.4 Å². The molecule has 2 heterocycles. The van der Waals surface area contributed by atoms with Gasteiger partial charge in [-0.15, -0.1) is 0 Å². The summed E-state index contributed by atoms with van der Waals surface area (Å²) in [6, 6.07) is 21.6. The van der Waals surface area contributed by atoms with Crippen LogP contribution in [0.3, 0.4) is 0 Å². The zero-order chi connectivity index (χ0) is 28.2. The lowest BCUT2D eigenvalue weighted by atomic mass is 9.95. The minimum Gasteiger partial charge on any atom is -0.496 e. The topological polar surface area (TPSA) is 79.1 Å². The molecule has 9 heteroatoms. The Balaban J connectivity index is 1.51. The van der Waals surface area contributed by atoms with E-state index in [1.54, 1.807) is 31.6 Å². The van der Waals surface area contributed by atoms with E-state index in [1.807, 2.05) is 72.8 Å². The summed E-state index contributed by atoms with van der Waals surface area (Å²) >= 11 is 7.22. The van der Waals surface area contributed by atoms with Crippen LogP contribution in [0.25, 0.3) is 6.08 Å². The van der Waals surface area contributed by atoms with Crippen LogP contribution < -0.4 is 24.4 Å². The van der Waals surface area contributed by atoms with Crippen molar-refractivity contribution in [1.82, 2.24) is 4.57 Å². The Hall–Kier alpha value is -4.14. The number of benzene rings is 3. The van der Waals surface area contributed by atoms with E-state index >= 15 is 0 Å². The maximum atomic E-state index is 13.8. The van der Waals surface area contributed by atoms with Gasteiger partial charge >= 0.3 is 5.97 Å². The number of aromatic nitrogens is 1. The van der Waals surface area contributed by atoms with Gasteiger partial charge in [0, 0.05) is 10.6 Å². The lowest BCUT2D eigenvalue weighted by Crippen LogP contribution is -2.40. The van der Waals surface area contributed by atoms with E-state index in [-0.39, 0.29) is 12.2 Å². The number of carbonyl (C=O) groups excluding carboxylic acids is 1. The fraction of sp³-hybridized carbons (Fsp3) is 0.194. The molecular formula is C31H27ClN2O5S. The van der Waals surface area contributed by atoms with Gasteiger partial charge in [-0.05, 0) is 61.4 Å². The zero-order valence-corrected chi connectivity index (χ0v) is 23.8. The van der Waals surface area contributed by atoms with Gasteiger partial charge in [-0.25, -0.2) is 9.79 Å². The maximum Gasteiger partial charge on any atom is 0.338 e. The van der Waals surface area contributed by atoms with Crippen LogP contribution in [0.5, 0.6) is 11.5 Å². The van der Waals surface area contributed by atoms with Crippen molar-refractivity contribution in [2.75, 3.05) is 13.7 Å². The predicted octanol–water partition coefficient (Wildman–Crippen LogP) is 5.04. The van der Waals surface area contributed by atoms with Crippen LogP contribution in [0.15, 0.2) is 93.9 Å². The van der Waals surface area contributed by atoms with E-state index in [0.29, 0.717) is 49.3 Å². The highest BCUT2D eigenvalue weighted by atomic mass is 35.5. The van der Waals surface area contributed by atoms with Gasteiger partial charge in [-0.2, -0.15) is 0 Å². The number of methoxy groups -OCH3 is 1. The van der Waals surface area contributed by atoms with Gasteiger partial charge in [0.25, 0.3) is 5.56 Å². The molecule has 1 aliphatic heterocycles. The van der Waals surface area contributed by atoms with Crippen LogP contribution in [0, 0.1) is 0 Å². The number of thiazole rings is 1. The number of halogens is 1. The van der Waals surface area contributed by atoms with Crippen LogP contribution in [0.4, 0.5) is 0 Å². The molecule has 4 aromatic rings. The van der Waals surface area contributed by atoms with E-state index in [2.05, 4.69) is 4.99 Å². The zero-order valence-electron chi connectivity index (χ0n) is 22.2. The number of esters is 1. The normalized spacial score (nSPS) is 14.9. The Bertz CT molecular complexity index is 1760. The minimum atomic E-state index is -0.739. The molecule has 0 aliphatic carbocycles. The first-order valence-electron chi connectivity index (χ1n) is 12.7. The highest BCUT2D eigenvalue weighted by Crippen LogP contribution is 2.35. The monoisotopic (exact) mass is 574 g/mol. The van der Waals surface area contributed by atoms with E-state index in [9.17, 15) is 9.59 Å². The number of nitrogens with zero attached hydrogens (tertiary/aromatic N) is 2. The van der Waals surface area contributed by atoms with E-state index in [0.717, 1.165) is 11.1 Å². The van der Waals surface area contributed by atoms with Crippen LogP contribution in [-0.4, -0.2) is 24.3 Å². The summed E-state index contributed by atoms with van der Waals surface area (Å²) in [4.78, 5) is 32.0. The third kappa shape index (κ3) is 5.59. The Morgan fingerprint density at radius 1 is 1.07 bits per heavy atom. The van der Waals surface area contributed by atoms with Crippen molar-refractivity contribution in [2.24, 2.45) is 4.99 Å². The summed E-state index contributed by atoms with van der Waals surface area (Å²) in [5.74, 6) is 0.760. The summed E-state index contributed by atoms with van der Waals surface area (Å²) in [6.07, 6.45) is 1.81. The van der Waals surface area contributed by atoms with Gasteiger partial charge < -0.3 is 14.2 Å². The third-order valence-electron chi connectivity index (χ3n) is 6.45. The van der Waals surface area contributed by atoms with Crippen LogP contribution in [0.2, 0.25) is 5.02 Å². The fourth-order valence-corrected chi connectivity index (χ4v) is 5.71. The first kappa shape index (κ1) is 27.4. The van der Waals surface area contributed by atoms with Crippen LogP contribution >= 0.6 is 22.9 Å². The first-order valence-corrected chi connectivity index (χ1v) is 13.9. The fourth-order valence-electron chi connectivity index (χ4n) is 4.54. The molecule has 3 aromatic carbocycles. The quantitative estimate of drug-likeness (QED) is 0.276. The lowest BCUT2D eigenvalue weighted by Gasteiger charge is -2.25. The number of carbonyl (C=O) groups is 1. The molecule has 1 atom stereocenters. The molecule has 204 valence electrons. The first-order chi connectivity index (χ1) is 19.4. The van der Waals surface area contributed by atoms with E-state index in [1.165, 1.54) is 11.3 Å². The smallest absolute Gasteiger partial charge is 0.338 e. The molecule has 0 saturated heterocycles. The molecular weight excluding hydrogens is 548 g/mol. The molecule has 7 nitrogen and oxygen atoms in total. The van der Waals surface area contributed by atoms with Gasteiger partial charge in [-0.3, -0.25) is 9.36 Å². The second kappa shape index (κ2) is 11.9. The lowest BCUT2D eigenvalue weighted by molar-refractivity contribution is -0.139. The molecule has 1 aromatic heterocycles. The predicted molar refractivity (Wildman–Crippen MR) is 156 cm³/mol. The number of fused-ring (bicyclic) bond motifs is 1. The van der Waals surface area contributed by atoms with Crippen molar-refractivity contribution in [3.63, 3.8) is 0 Å². The number of hydrogen-bond donors (Lipinski definition) is 0. The second-order valence-corrected chi connectivity index (χ2v) is 10.5.